The summed E-state index contributed by atoms with van der Waals surface area (Å²) in [5, 5.41) is 0. The van der Waals surface area contributed by atoms with Crippen molar-refractivity contribution in [3.63, 3.8) is 0 Å². The fourth-order valence-electron chi connectivity index (χ4n) is 2.18. The van der Waals surface area contributed by atoms with Gasteiger partial charge >= 0.3 is 0 Å². The molecule has 0 amide bonds. The van der Waals surface area contributed by atoms with Gasteiger partial charge in [-0.05, 0) is 42.5 Å². The van der Waals surface area contributed by atoms with Gasteiger partial charge in [-0.25, -0.2) is 0 Å². The summed E-state index contributed by atoms with van der Waals surface area (Å²) in [5.41, 5.74) is 5.58. The molecule has 2 aromatic rings. The van der Waals surface area contributed by atoms with Gasteiger partial charge in [-0.1, -0.05) is 58.4 Å². The van der Waals surface area contributed by atoms with Crippen LogP contribution in [0.25, 0.3) is 0 Å². The van der Waals surface area contributed by atoms with Crippen molar-refractivity contribution in [1.29, 1.82) is 0 Å². The molecule has 0 radical (unpaired) electrons. The number of aryl methyl sites for hydroxylation is 1. The van der Waals surface area contributed by atoms with E-state index in [2.05, 4.69) is 63.8 Å². The van der Waals surface area contributed by atoms with Gasteiger partial charge in [0.05, 0.1) is 0 Å². The molecule has 0 saturated carbocycles. The van der Waals surface area contributed by atoms with E-state index in [1.165, 1.54) is 11.1 Å². The summed E-state index contributed by atoms with van der Waals surface area (Å²) in [6.45, 7) is 0. The molecule has 0 saturated heterocycles. The highest BCUT2D eigenvalue weighted by Gasteiger charge is 2.08. The van der Waals surface area contributed by atoms with Gasteiger partial charge in [-0.15, -0.1) is 0 Å². The third kappa shape index (κ3) is 4.78. The summed E-state index contributed by atoms with van der Waals surface area (Å²) in [4.78, 5) is 0. The molecule has 1 unspecified atom stereocenters. The van der Waals surface area contributed by atoms with Gasteiger partial charge in [-0.2, -0.15) is 0 Å². The molecule has 0 spiro atoms. The lowest BCUT2D eigenvalue weighted by molar-refractivity contribution is 0.491. The zero-order valence-corrected chi connectivity index (χ0v) is 12.4. The second-order valence-electron chi connectivity index (χ2n) is 4.72. The summed E-state index contributed by atoms with van der Waals surface area (Å²) < 4.78 is 1.11. The Hall–Kier alpha value is -1.16. The van der Waals surface area contributed by atoms with Crippen LogP contribution >= 0.6 is 15.9 Å². The van der Waals surface area contributed by atoms with Gasteiger partial charge in [0.25, 0.3) is 0 Å². The summed E-state index contributed by atoms with van der Waals surface area (Å²) in [7, 11) is 0. The van der Waals surface area contributed by atoms with Crippen LogP contribution in [0.15, 0.2) is 59.1 Å². The molecule has 100 valence electrons. The number of nitrogens with one attached hydrogen (secondary N) is 1. The lowest BCUT2D eigenvalue weighted by Crippen LogP contribution is -2.37. The minimum Gasteiger partial charge on any atom is -0.271 e. The maximum Gasteiger partial charge on any atom is 0.0254 e. The number of hydrogen-bond acceptors (Lipinski definition) is 2. The third-order valence-electron chi connectivity index (χ3n) is 3.23. The molecule has 3 N–H and O–H groups in total. The van der Waals surface area contributed by atoms with E-state index in [0.717, 1.165) is 23.7 Å². The smallest absolute Gasteiger partial charge is 0.0254 e. The van der Waals surface area contributed by atoms with Crippen molar-refractivity contribution in [2.24, 2.45) is 5.84 Å². The van der Waals surface area contributed by atoms with E-state index in [1.54, 1.807) is 0 Å². The van der Waals surface area contributed by atoms with Crippen LogP contribution in [0.5, 0.6) is 0 Å². The van der Waals surface area contributed by atoms with E-state index < -0.39 is 0 Å². The first-order valence-electron chi connectivity index (χ1n) is 6.52. The van der Waals surface area contributed by atoms with Crippen molar-refractivity contribution in [1.82, 2.24) is 5.43 Å². The first kappa shape index (κ1) is 14.3. The average Bonchev–Trinajstić information content (AvgIpc) is 2.44. The third-order valence-corrected chi connectivity index (χ3v) is 3.72. The standard InChI is InChI=1S/C16H19BrN2/c17-15-8-4-7-14(11-15)12-16(19-18)10-9-13-5-2-1-3-6-13/h1-8,11,16,19H,9-10,12,18H2. The Bertz CT molecular complexity index is 499. The molecule has 2 aromatic carbocycles. The van der Waals surface area contributed by atoms with Crippen LogP contribution < -0.4 is 11.3 Å². The van der Waals surface area contributed by atoms with Crippen LogP contribution in [0.3, 0.4) is 0 Å². The maximum atomic E-state index is 5.66. The molecule has 0 heterocycles. The normalized spacial score (nSPS) is 12.3. The molecule has 0 fully saturated rings. The fourth-order valence-corrected chi connectivity index (χ4v) is 2.63. The van der Waals surface area contributed by atoms with Crippen LogP contribution in [0.4, 0.5) is 0 Å². The minimum atomic E-state index is 0.300. The second-order valence-corrected chi connectivity index (χ2v) is 5.64. The predicted octanol–water partition coefficient (Wildman–Crippen LogP) is 3.46. The number of hydrogen-bond donors (Lipinski definition) is 2. The zero-order chi connectivity index (χ0) is 13.5. The van der Waals surface area contributed by atoms with Gasteiger partial charge in [0.15, 0.2) is 0 Å². The first-order valence-corrected chi connectivity index (χ1v) is 7.31. The highest BCUT2D eigenvalue weighted by molar-refractivity contribution is 9.10. The molecule has 0 aliphatic heterocycles. The molecule has 0 aromatic heterocycles. The van der Waals surface area contributed by atoms with Gasteiger partial charge in [0, 0.05) is 10.5 Å². The Morgan fingerprint density at radius 3 is 2.42 bits per heavy atom. The highest BCUT2D eigenvalue weighted by atomic mass is 79.9. The molecular formula is C16H19BrN2. The number of benzene rings is 2. The Balaban J connectivity index is 1.90. The lowest BCUT2D eigenvalue weighted by atomic mass is 9.99. The Kier molecular flexibility index (Phi) is 5.58. The van der Waals surface area contributed by atoms with Crippen molar-refractivity contribution in [2.75, 3.05) is 0 Å². The molecule has 0 aliphatic carbocycles. The minimum absolute atomic E-state index is 0.300. The van der Waals surface area contributed by atoms with Crippen molar-refractivity contribution in [3.8, 4) is 0 Å². The van der Waals surface area contributed by atoms with Gasteiger partial charge in [0.2, 0.25) is 0 Å². The summed E-state index contributed by atoms with van der Waals surface area (Å²) >= 11 is 3.50. The maximum absolute atomic E-state index is 5.66. The van der Waals surface area contributed by atoms with E-state index in [1.807, 2.05) is 12.1 Å². The van der Waals surface area contributed by atoms with E-state index in [-0.39, 0.29) is 0 Å². The largest absolute Gasteiger partial charge is 0.271 e. The Morgan fingerprint density at radius 1 is 1.00 bits per heavy atom. The predicted molar refractivity (Wildman–Crippen MR) is 83.7 cm³/mol. The summed E-state index contributed by atoms with van der Waals surface area (Å²) in [5.74, 6) is 5.66. The summed E-state index contributed by atoms with van der Waals surface area (Å²) in [6, 6.07) is 19.2. The SMILES string of the molecule is NNC(CCc1ccccc1)Cc1cccc(Br)c1. The van der Waals surface area contributed by atoms with Crippen LogP contribution in [-0.4, -0.2) is 6.04 Å². The molecule has 19 heavy (non-hydrogen) atoms. The molecular weight excluding hydrogens is 300 g/mol. The van der Waals surface area contributed by atoms with Crippen LogP contribution in [-0.2, 0) is 12.8 Å². The van der Waals surface area contributed by atoms with Gasteiger partial charge in [0.1, 0.15) is 0 Å². The van der Waals surface area contributed by atoms with E-state index >= 15 is 0 Å². The van der Waals surface area contributed by atoms with Crippen molar-refractivity contribution in [3.05, 3.63) is 70.2 Å². The van der Waals surface area contributed by atoms with Crippen LogP contribution in [0.1, 0.15) is 17.5 Å². The number of halogens is 1. The van der Waals surface area contributed by atoms with Gasteiger partial charge < -0.3 is 0 Å². The Labute approximate surface area is 123 Å². The molecule has 2 rings (SSSR count). The van der Waals surface area contributed by atoms with E-state index in [0.29, 0.717) is 6.04 Å². The van der Waals surface area contributed by atoms with Crippen molar-refractivity contribution < 1.29 is 0 Å². The molecule has 0 bridgehead atoms. The van der Waals surface area contributed by atoms with Crippen molar-refractivity contribution in [2.45, 2.75) is 25.3 Å². The fraction of sp³-hybridized carbons (Fsp3) is 0.250. The van der Waals surface area contributed by atoms with Crippen LogP contribution in [0, 0.1) is 0 Å². The lowest BCUT2D eigenvalue weighted by Gasteiger charge is -2.16. The molecule has 0 aliphatic rings. The monoisotopic (exact) mass is 318 g/mol. The first-order chi connectivity index (χ1) is 9.28. The summed E-state index contributed by atoms with van der Waals surface area (Å²) in [6.07, 6.45) is 3.03. The van der Waals surface area contributed by atoms with Crippen LogP contribution in [0.2, 0.25) is 0 Å². The van der Waals surface area contributed by atoms with Crippen molar-refractivity contribution >= 4 is 15.9 Å². The van der Waals surface area contributed by atoms with E-state index in [4.69, 9.17) is 5.84 Å². The highest BCUT2D eigenvalue weighted by Crippen LogP contribution is 2.14. The average molecular weight is 319 g/mol. The topological polar surface area (TPSA) is 38.0 Å². The van der Waals surface area contributed by atoms with E-state index in [9.17, 15) is 0 Å². The molecule has 3 heteroatoms. The Morgan fingerprint density at radius 2 is 1.74 bits per heavy atom. The molecule has 2 nitrogen and oxygen atoms in total. The number of rotatable bonds is 6. The second kappa shape index (κ2) is 7.43. The number of nitrogens with two attached hydrogens (primary N) is 1. The molecule has 1 atom stereocenters. The zero-order valence-electron chi connectivity index (χ0n) is 10.9. The van der Waals surface area contributed by atoms with Gasteiger partial charge in [-0.3, -0.25) is 11.3 Å². The number of hydrazine groups is 1. The quantitative estimate of drug-likeness (QED) is 0.632.